The Balaban J connectivity index is 1.48. The zero-order chi connectivity index (χ0) is 56.7. The molecule has 0 fully saturated rings. The molecule has 7 aromatic carbocycles. The largest absolute Gasteiger partial charge is 0.494 e. The second kappa shape index (κ2) is 33.3. The molecule has 0 saturated heterocycles. The fourth-order valence-corrected chi connectivity index (χ4v) is 9.21. The van der Waals surface area contributed by atoms with E-state index >= 15 is 0 Å². The fraction of sp³-hybridized carbons (Fsp3) is 0.240. The maximum Gasteiger partial charge on any atom is 0.119 e. The monoisotopic (exact) mass is 1070 g/mol. The van der Waals surface area contributed by atoms with Gasteiger partial charge in [0.1, 0.15) is 17.2 Å². The molecule has 0 radical (unpaired) electrons. The molecule has 7 aromatic rings. The molecule has 0 aliphatic carbocycles. The van der Waals surface area contributed by atoms with E-state index in [-0.39, 0.29) is 0 Å². The van der Waals surface area contributed by atoms with E-state index in [0.29, 0.717) is 36.5 Å². The molecular formula is C75H75N3O3. The summed E-state index contributed by atoms with van der Waals surface area (Å²) in [5.41, 5.74) is 13.4. The highest BCUT2D eigenvalue weighted by Crippen LogP contribution is 2.38. The summed E-state index contributed by atoms with van der Waals surface area (Å²) in [4.78, 5) is 0. The van der Waals surface area contributed by atoms with Crippen LogP contribution in [-0.2, 0) is 0 Å². The molecule has 6 heteroatoms. The van der Waals surface area contributed by atoms with Gasteiger partial charge in [-0.1, -0.05) is 224 Å². The van der Waals surface area contributed by atoms with Gasteiger partial charge in [0.25, 0.3) is 0 Å². The van der Waals surface area contributed by atoms with Gasteiger partial charge in [-0.2, -0.15) is 15.8 Å². The fourth-order valence-electron chi connectivity index (χ4n) is 9.21. The standard InChI is InChI=1S/C75H75N3O3/c1-4-7-10-13-52-79-67-40-28-61(29-41-67)37-49-73-70(46-34-58-16-22-64(55-76)23-17-58)74(50-38-62-30-42-68(43-31-62)80-53-14-11-8-5-2)72(48-36-60-20-26-66(57-78)27-21-60)75(71(73)47-35-59-18-24-65(56-77)25-19-59)51-39-63-32-44-69(45-33-63)81-54-15-12-9-6-3/h16-51H,4-15,52-54H2,1-3H3/b46-34+,47-35+,48-36+,49-37+,50-38+,51-39+. The Kier molecular flexibility index (Phi) is 24.5. The number of nitriles is 3. The summed E-state index contributed by atoms with van der Waals surface area (Å²) in [5, 5.41) is 29.2. The van der Waals surface area contributed by atoms with E-state index in [4.69, 9.17) is 14.2 Å². The molecular weight excluding hydrogens is 991 g/mol. The number of rotatable bonds is 30. The van der Waals surface area contributed by atoms with Gasteiger partial charge in [-0.25, -0.2) is 0 Å². The lowest BCUT2D eigenvalue weighted by molar-refractivity contribution is 0.305. The number of hydrogen-bond acceptors (Lipinski definition) is 6. The number of nitrogens with zero attached hydrogens (tertiary/aromatic N) is 3. The van der Waals surface area contributed by atoms with E-state index in [1.807, 2.05) is 109 Å². The van der Waals surface area contributed by atoms with Crippen molar-refractivity contribution >= 4 is 72.9 Å². The van der Waals surface area contributed by atoms with Crippen LogP contribution in [0.2, 0.25) is 0 Å². The minimum absolute atomic E-state index is 0.589. The molecule has 0 aliphatic heterocycles. The molecule has 0 N–H and O–H groups in total. The first-order valence-corrected chi connectivity index (χ1v) is 28.9. The molecule has 0 aliphatic rings. The van der Waals surface area contributed by atoms with Crippen molar-refractivity contribution in [2.24, 2.45) is 0 Å². The minimum Gasteiger partial charge on any atom is -0.494 e. The van der Waals surface area contributed by atoms with Crippen LogP contribution in [0, 0.1) is 34.0 Å². The SMILES string of the molecule is CCCCCCOc1ccc(/C=C/c2c(/C=C/c3ccc(C#N)cc3)c(/C=C/c3ccc(OCCCCCC)cc3)c(/C=C/c3ccc(C#N)cc3)c(/C=C/c3ccc(OCCCCCC)cc3)c2/C=C/c2ccc(C#N)cc2)cc1. The summed E-state index contributed by atoms with van der Waals surface area (Å²) in [5.74, 6) is 2.53. The van der Waals surface area contributed by atoms with Crippen molar-refractivity contribution < 1.29 is 14.2 Å². The highest BCUT2D eigenvalue weighted by Gasteiger charge is 2.18. The van der Waals surface area contributed by atoms with E-state index in [9.17, 15) is 15.8 Å². The van der Waals surface area contributed by atoms with Gasteiger partial charge in [0.05, 0.1) is 54.7 Å². The van der Waals surface area contributed by atoms with Crippen LogP contribution in [0.15, 0.2) is 146 Å². The number of benzene rings is 7. The maximum atomic E-state index is 9.72. The third-order valence-corrected chi connectivity index (χ3v) is 14.0. The van der Waals surface area contributed by atoms with Crippen LogP contribution in [0.5, 0.6) is 17.2 Å². The van der Waals surface area contributed by atoms with Gasteiger partial charge in [-0.15, -0.1) is 0 Å². The molecule has 0 saturated carbocycles. The summed E-state index contributed by atoms with van der Waals surface area (Å²) < 4.78 is 18.5. The third-order valence-electron chi connectivity index (χ3n) is 14.0. The molecule has 6 nitrogen and oxygen atoms in total. The van der Waals surface area contributed by atoms with Crippen molar-refractivity contribution in [3.63, 3.8) is 0 Å². The van der Waals surface area contributed by atoms with Crippen LogP contribution in [0.4, 0.5) is 0 Å². The maximum absolute atomic E-state index is 9.72. The number of hydrogen-bond donors (Lipinski definition) is 0. The lowest BCUT2D eigenvalue weighted by atomic mass is 9.83. The van der Waals surface area contributed by atoms with E-state index in [1.54, 1.807) is 0 Å². The lowest BCUT2D eigenvalue weighted by Crippen LogP contribution is -2.01. The Morgan fingerprint density at radius 3 is 0.642 bits per heavy atom. The molecule has 0 heterocycles. The van der Waals surface area contributed by atoms with E-state index in [1.165, 1.54) is 38.5 Å². The zero-order valence-corrected chi connectivity index (χ0v) is 47.5. The summed E-state index contributed by atoms with van der Waals surface area (Å²) in [6.07, 6.45) is 39.7. The minimum atomic E-state index is 0.589. The summed E-state index contributed by atoms with van der Waals surface area (Å²) in [7, 11) is 0. The van der Waals surface area contributed by atoms with Gasteiger partial charge in [0, 0.05) is 0 Å². The molecule has 0 bridgehead atoms. The quantitative estimate of drug-likeness (QED) is 0.0329. The molecule has 0 aromatic heterocycles. The van der Waals surface area contributed by atoms with Crippen LogP contribution >= 0.6 is 0 Å². The van der Waals surface area contributed by atoms with Gasteiger partial charge >= 0.3 is 0 Å². The first-order valence-electron chi connectivity index (χ1n) is 28.9. The van der Waals surface area contributed by atoms with Gasteiger partial charge in [-0.3, -0.25) is 0 Å². The molecule has 81 heavy (non-hydrogen) atoms. The van der Waals surface area contributed by atoms with Crippen molar-refractivity contribution in [3.05, 3.63) is 229 Å². The number of unbranched alkanes of at least 4 members (excludes halogenated alkanes) is 9. The third kappa shape index (κ3) is 19.3. The number of ether oxygens (including phenoxy) is 3. The van der Waals surface area contributed by atoms with E-state index in [0.717, 1.165) is 123 Å². The van der Waals surface area contributed by atoms with Crippen molar-refractivity contribution in [2.75, 3.05) is 19.8 Å². The summed E-state index contributed by atoms with van der Waals surface area (Å²) in [6, 6.07) is 54.5. The second-order valence-electron chi connectivity index (χ2n) is 20.1. The Bertz CT molecular complexity index is 2990. The first kappa shape index (κ1) is 59.5. The summed E-state index contributed by atoms with van der Waals surface area (Å²) >= 11 is 0. The van der Waals surface area contributed by atoms with E-state index in [2.05, 4.69) is 148 Å². The molecule has 0 spiro atoms. The van der Waals surface area contributed by atoms with Crippen LogP contribution < -0.4 is 14.2 Å². The van der Waals surface area contributed by atoms with Gasteiger partial charge in [-0.05, 0) is 159 Å². The average Bonchev–Trinajstić information content (AvgIpc) is 3.57. The van der Waals surface area contributed by atoms with Crippen molar-refractivity contribution in [1.29, 1.82) is 15.8 Å². The molecule has 0 atom stereocenters. The van der Waals surface area contributed by atoms with Crippen LogP contribution in [0.25, 0.3) is 72.9 Å². The first-order chi connectivity index (χ1) is 39.9. The van der Waals surface area contributed by atoms with Gasteiger partial charge < -0.3 is 14.2 Å². The van der Waals surface area contributed by atoms with E-state index < -0.39 is 0 Å². The molecule has 408 valence electrons. The molecule has 7 rings (SSSR count). The average molecular weight is 1070 g/mol. The molecule has 0 amide bonds. The predicted molar refractivity (Wildman–Crippen MR) is 342 cm³/mol. The van der Waals surface area contributed by atoms with Crippen LogP contribution in [0.3, 0.4) is 0 Å². The van der Waals surface area contributed by atoms with Gasteiger partial charge in [0.2, 0.25) is 0 Å². The molecule has 0 unspecified atom stereocenters. The van der Waals surface area contributed by atoms with Crippen LogP contribution in [0.1, 0.15) is 181 Å². The van der Waals surface area contributed by atoms with Crippen molar-refractivity contribution in [2.45, 2.75) is 97.8 Å². The smallest absolute Gasteiger partial charge is 0.119 e. The predicted octanol–water partition coefficient (Wildman–Crippen LogP) is 20.2. The Labute approximate surface area is 482 Å². The van der Waals surface area contributed by atoms with Gasteiger partial charge in [0.15, 0.2) is 0 Å². The normalized spacial score (nSPS) is 11.6. The lowest BCUT2D eigenvalue weighted by Gasteiger charge is -2.20. The highest BCUT2D eigenvalue weighted by atomic mass is 16.5. The Morgan fingerprint density at radius 1 is 0.259 bits per heavy atom. The highest BCUT2D eigenvalue weighted by molar-refractivity contribution is 5.99. The summed E-state index contributed by atoms with van der Waals surface area (Å²) in [6.45, 7) is 8.71. The van der Waals surface area contributed by atoms with Crippen LogP contribution in [-0.4, -0.2) is 19.8 Å². The van der Waals surface area contributed by atoms with Crippen molar-refractivity contribution in [1.82, 2.24) is 0 Å². The van der Waals surface area contributed by atoms with Crippen molar-refractivity contribution in [3.8, 4) is 35.5 Å². The topological polar surface area (TPSA) is 99.1 Å². The Hall–Kier alpha value is -9.15. The Morgan fingerprint density at radius 2 is 0.457 bits per heavy atom. The second-order valence-corrected chi connectivity index (χ2v) is 20.1. The zero-order valence-electron chi connectivity index (χ0n) is 47.5.